The molecule has 2 heterocycles. The van der Waals surface area contributed by atoms with Crippen LogP contribution in [0.5, 0.6) is 0 Å². The Hall–Kier alpha value is -2.16. The Morgan fingerprint density at radius 1 is 1.39 bits per heavy atom. The third-order valence-electron chi connectivity index (χ3n) is 4.48. The predicted octanol–water partition coefficient (Wildman–Crippen LogP) is 3.08. The van der Waals surface area contributed by atoms with Crippen molar-refractivity contribution >= 4 is 35.0 Å². The molecule has 0 spiro atoms. The maximum Gasteiger partial charge on any atom is 0.355 e. The zero-order valence-electron chi connectivity index (χ0n) is 15.2. The number of thioether (sulfide) groups is 1. The Morgan fingerprint density at radius 2 is 2.18 bits per heavy atom. The van der Waals surface area contributed by atoms with E-state index in [-0.39, 0.29) is 17.6 Å². The lowest BCUT2D eigenvalue weighted by molar-refractivity contribution is -0.128. The minimum atomic E-state index is -1.03. The average molecular weight is 419 g/mol. The highest BCUT2D eigenvalue weighted by Gasteiger charge is 2.28. The molecular weight excluding hydrogens is 396 g/mol. The van der Waals surface area contributed by atoms with Gasteiger partial charge in [-0.05, 0) is 12.0 Å². The molecule has 1 aromatic heterocycles. The zero-order valence-corrected chi connectivity index (χ0v) is 16.9. The summed E-state index contributed by atoms with van der Waals surface area (Å²) in [5, 5.41) is 20.7. The average Bonchev–Trinajstić information content (AvgIpc) is 3.29. The second-order valence-corrected chi connectivity index (χ2v) is 8.69. The van der Waals surface area contributed by atoms with Gasteiger partial charge in [0.05, 0.1) is 12.1 Å². The van der Waals surface area contributed by atoms with E-state index in [1.165, 1.54) is 28.5 Å². The van der Waals surface area contributed by atoms with Gasteiger partial charge >= 0.3 is 5.97 Å². The maximum absolute atomic E-state index is 12.2. The lowest BCUT2D eigenvalue weighted by Gasteiger charge is -2.22. The van der Waals surface area contributed by atoms with Gasteiger partial charge in [-0.15, -0.1) is 11.3 Å². The molecule has 3 rings (SSSR count). The minimum absolute atomic E-state index is 0.00982. The summed E-state index contributed by atoms with van der Waals surface area (Å²) in [6.07, 6.45) is 4.92. The van der Waals surface area contributed by atoms with E-state index in [1.54, 1.807) is 6.08 Å². The van der Waals surface area contributed by atoms with Crippen molar-refractivity contribution in [3.63, 3.8) is 0 Å². The lowest BCUT2D eigenvalue weighted by atomic mass is 10.1. The summed E-state index contributed by atoms with van der Waals surface area (Å²) < 4.78 is 0.689. The van der Waals surface area contributed by atoms with Gasteiger partial charge in [0.2, 0.25) is 5.91 Å². The molecule has 0 radical (unpaired) electrons. The number of hydrogen-bond donors (Lipinski definition) is 2. The number of aromatic nitrogens is 1. The van der Waals surface area contributed by atoms with Crippen LogP contribution in [0.3, 0.4) is 0 Å². The molecule has 0 saturated carbocycles. The van der Waals surface area contributed by atoms with Crippen LogP contribution in [0, 0.1) is 0 Å². The van der Waals surface area contributed by atoms with Gasteiger partial charge in [-0.25, -0.2) is 9.78 Å². The van der Waals surface area contributed by atoms with Gasteiger partial charge in [-0.2, -0.15) is 0 Å². The van der Waals surface area contributed by atoms with Crippen LogP contribution in [0.25, 0.3) is 0 Å². The highest BCUT2D eigenvalue weighted by molar-refractivity contribution is 8.01. The molecular formula is C20H22N2O4S2. The van der Waals surface area contributed by atoms with E-state index in [0.29, 0.717) is 29.5 Å². The topological polar surface area (TPSA) is 90.7 Å². The molecule has 0 aliphatic carbocycles. The van der Waals surface area contributed by atoms with Crippen molar-refractivity contribution in [3.8, 4) is 0 Å². The summed E-state index contributed by atoms with van der Waals surface area (Å²) in [5.74, 6) is -0.273. The van der Waals surface area contributed by atoms with E-state index in [2.05, 4.69) is 4.98 Å². The molecule has 1 saturated heterocycles. The number of carboxylic acids is 1. The number of likely N-dealkylation sites (tertiary alicyclic amines) is 1. The molecule has 28 heavy (non-hydrogen) atoms. The molecule has 1 amide bonds. The molecule has 6 nitrogen and oxygen atoms in total. The molecule has 2 atom stereocenters. The van der Waals surface area contributed by atoms with Crippen LogP contribution < -0.4 is 0 Å². The summed E-state index contributed by atoms with van der Waals surface area (Å²) in [6, 6.07) is 9.79. The summed E-state index contributed by atoms with van der Waals surface area (Å²) >= 11 is 2.75. The minimum Gasteiger partial charge on any atom is -0.476 e. The van der Waals surface area contributed by atoms with Crippen molar-refractivity contribution < 1.29 is 19.8 Å². The number of nitrogens with zero attached hydrogens (tertiary/aromatic N) is 2. The quantitative estimate of drug-likeness (QED) is 0.480. The Bertz CT molecular complexity index is 838. The predicted molar refractivity (Wildman–Crippen MR) is 110 cm³/mol. The number of hydrogen-bond acceptors (Lipinski definition) is 6. The molecule has 148 valence electrons. The molecule has 0 bridgehead atoms. The van der Waals surface area contributed by atoms with E-state index < -0.39 is 12.1 Å². The van der Waals surface area contributed by atoms with Gasteiger partial charge in [0.15, 0.2) is 10.0 Å². The van der Waals surface area contributed by atoms with E-state index in [9.17, 15) is 14.7 Å². The van der Waals surface area contributed by atoms with Gasteiger partial charge in [0.1, 0.15) is 0 Å². The van der Waals surface area contributed by atoms with Gasteiger partial charge in [-0.1, -0.05) is 54.2 Å². The number of carboxylic acid groups (broad SMARTS) is 1. The highest BCUT2D eigenvalue weighted by atomic mass is 32.2. The summed E-state index contributed by atoms with van der Waals surface area (Å²) in [7, 11) is 0. The Labute approximate surface area is 171 Å². The first kappa shape index (κ1) is 20.6. The largest absolute Gasteiger partial charge is 0.476 e. The fraction of sp³-hybridized carbons (Fsp3) is 0.350. The van der Waals surface area contributed by atoms with Crippen molar-refractivity contribution in [2.45, 2.75) is 35.7 Å². The third kappa shape index (κ3) is 5.67. The van der Waals surface area contributed by atoms with Crippen molar-refractivity contribution in [1.82, 2.24) is 9.88 Å². The molecule has 2 N–H and O–H groups in total. The lowest BCUT2D eigenvalue weighted by Crippen LogP contribution is -2.33. The number of benzene rings is 1. The number of amides is 1. The van der Waals surface area contributed by atoms with Gasteiger partial charge in [-0.3, -0.25) is 4.79 Å². The first-order chi connectivity index (χ1) is 13.5. The van der Waals surface area contributed by atoms with Crippen LogP contribution in [0.15, 0.2) is 52.2 Å². The normalized spacial score (nSPS) is 18.1. The Kier molecular flexibility index (Phi) is 7.24. The van der Waals surface area contributed by atoms with E-state index in [0.717, 1.165) is 12.0 Å². The van der Waals surface area contributed by atoms with E-state index in [1.807, 2.05) is 41.3 Å². The Balaban J connectivity index is 1.50. The van der Waals surface area contributed by atoms with Crippen molar-refractivity contribution in [1.29, 1.82) is 0 Å². The number of aliphatic hydroxyl groups is 1. The van der Waals surface area contributed by atoms with Crippen molar-refractivity contribution in [2.24, 2.45) is 0 Å². The Morgan fingerprint density at radius 3 is 2.89 bits per heavy atom. The molecule has 1 fully saturated rings. The second-order valence-electron chi connectivity index (χ2n) is 6.49. The fourth-order valence-electron chi connectivity index (χ4n) is 3.08. The van der Waals surface area contributed by atoms with Gasteiger partial charge in [0.25, 0.3) is 0 Å². The zero-order chi connectivity index (χ0) is 19.9. The fourth-order valence-corrected chi connectivity index (χ4v) is 4.89. The summed E-state index contributed by atoms with van der Waals surface area (Å²) in [4.78, 5) is 28.9. The monoisotopic (exact) mass is 418 g/mol. The number of aliphatic hydroxyl groups excluding tert-OH is 1. The van der Waals surface area contributed by atoms with Gasteiger partial charge in [0, 0.05) is 30.5 Å². The second kappa shape index (κ2) is 9.86. The number of carbonyl (C=O) groups excluding carboxylic acids is 1. The van der Waals surface area contributed by atoms with Crippen LogP contribution >= 0.6 is 23.1 Å². The molecule has 1 aromatic carbocycles. The van der Waals surface area contributed by atoms with Gasteiger partial charge < -0.3 is 15.1 Å². The van der Waals surface area contributed by atoms with Crippen molar-refractivity contribution in [2.75, 3.05) is 12.3 Å². The summed E-state index contributed by atoms with van der Waals surface area (Å²) in [5.41, 5.74) is 1.12. The van der Waals surface area contributed by atoms with E-state index >= 15 is 0 Å². The SMILES string of the molecule is O=C(O)c1csc(SCCN2C(=O)CCC2/C=C/[C@@H](O)Cc2ccccc2)n1. The highest BCUT2D eigenvalue weighted by Crippen LogP contribution is 2.25. The third-order valence-corrected chi connectivity index (χ3v) is 6.48. The maximum atomic E-state index is 12.2. The van der Waals surface area contributed by atoms with Crippen LogP contribution in [0.4, 0.5) is 0 Å². The molecule has 1 unspecified atom stereocenters. The van der Waals surface area contributed by atoms with Crippen LogP contribution in [0.1, 0.15) is 28.9 Å². The van der Waals surface area contributed by atoms with Crippen molar-refractivity contribution in [3.05, 3.63) is 59.1 Å². The molecule has 2 aromatic rings. The molecule has 1 aliphatic heterocycles. The first-order valence-corrected chi connectivity index (χ1v) is 10.9. The molecule has 1 aliphatic rings. The first-order valence-electron chi connectivity index (χ1n) is 9.04. The number of rotatable bonds is 9. The van der Waals surface area contributed by atoms with E-state index in [4.69, 9.17) is 5.11 Å². The number of thiazole rings is 1. The molecule has 8 heteroatoms. The van der Waals surface area contributed by atoms with Crippen LogP contribution in [-0.4, -0.2) is 56.4 Å². The number of aromatic carboxylic acids is 1. The smallest absolute Gasteiger partial charge is 0.355 e. The van der Waals surface area contributed by atoms with Crippen LogP contribution in [-0.2, 0) is 11.2 Å². The van der Waals surface area contributed by atoms with Crippen LogP contribution in [0.2, 0.25) is 0 Å². The number of carbonyl (C=O) groups is 2. The summed E-state index contributed by atoms with van der Waals surface area (Å²) in [6.45, 7) is 0.565. The standard InChI is InChI=1S/C20H22N2O4S2/c23-16(12-14-4-2-1-3-5-14)8-6-15-7-9-18(24)22(15)10-11-27-20-21-17(13-28-20)19(25)26/h1-6,8,13,15-16,23H,7,9-12H2,(H,25,26)/b8-6+/t15?,16-/m1/s1.